The van der Waals surface area contributed by atoms with Gasteiger partial charge in [0.2, 0.25) is 11.8 Å². The second-order valence-electron chi connectivity index (χ2n) is 5.46. The second kappa shape index (κ2) is 4.96. The van der Waals surface area contributed by atoms with Gasteiger partial charge in [0.05, 0.1) is 0 Å². The average molecular weight is 270 g/mol. The molecule has 1 aliphatic carbocycles. The molecule has 4 heteroatoms. The first-order chi connectivity index (χ1) is 9.33. The van der Waals surface area contributed by atoms with Crippen LogP contribution in [0.25, 0.3) is 0 Å². The zero-order valence-corrected chi connectivity index (χ0v) is 11.6. The number of hydrogen-bond acceptors (Lipinski definition) is 2. The van der Waals surface area contributed by atoms with E-state index in [-0.39, 0.29) is 5.41 Å². The fourth-order valence-corrected chi connectivity index (χ4v) is 2.69. The van der Waals surface area contributed by atoms with Crippen molar-refractivity contribution in [1.82, 2.24) is 0 Å². The summed E-state index contributed by atoms with van der Waals surface area (Å²) in [5.74, 6) is -1.02. The molecule has 4 nitrogen and oxygen atoms in total. The molecule has 1 aliphatic rings. The molecule has 4 N–H and O–H groups in total. The highest BCUT2D eigenvalue weighted by Crippen LogP contribution is 2.37. The van der Waals surface area contributed by atoms with Gasteiger partial charge in [-0.2, -0.15) is 0 Å². The van der Waals surface area contributed by atoms with Crippen LogP contribution in [0.15, 0.2) is 42.0 Å². The van der Waals surface area contributed by atoms with E-state index in [1.807, 2.05) is 32.1 Å². The van der Waals surface area contributed by atoms with Crippen LogP contribution in [0.4, 0.5) is 0 Å². The first-order valence-electron chi connectivity index (χ1n) is 6.42. The summed E-state index contributed by atoms with van der Waals surface area (Å²) in [5.41, 5.74) is 13.2. The highest BCUT2D eigenvalue weighted by molar-refractivity contribution is 5.98. The van der Waals surface area contributed by atoms with Crippen molar-refractivity contribution in [3.63, 3.8) is 0 Å². The Morgan fingerprint density at radius 1 is 1.20 bits per heavy atom. The quantitative estimate of drug-likeness (QED) is 0.880. The number of primary amides is 2. The Kier molecular flexibility index (Phi) is 3.49. The highest BCUT2D eigenvalue weighted by Gasteiger charge is 2.30. The summed E-state index contributed by atoms with van der Waals surface area (Å²) in [4.78, 5) is 23.0. The molecular formula is C16H18N2O2. The largest absolute Gasteiger partial charge is 0.366 e. The molecule has 20 heavy (non-hydrogen) atoms. The minimum atomic E-state index is -0.516. The van der Waals surface area contributed by atoms with Crippen LogP contribution >= 0.6 is 0 Å². The minimum absolute atomic E-state index is 0.366. The number of hydrogen-bond donors (Lipinski definition) is 2. The van der Waals surface area contributed by atoms with Crippen LogP contribution in [0.3, 0.4) is 0 Å². The number of nitrogens with two attached hydrogens (primary N) is 2. The number of rotatable bonds is 3. The predicted molar refractivity (Wildman–Crippen MR) is 78.3 cm³/mol. The number of amides is 2. The van der Waals surface area contributed by atoms with Gasteiger partial charge in [0, 0.05) is 16.5 Å². The van der Waals surface area contributed by atoms with Crippen molar-refractivity contribution >= 4 is 11.8 Å². The van der Waals surface area contributed by atoms with Gasteiger partial charge in [-0.3, -0.25) is 9.59 Å². The fraction of sp³-hybridized carbons (Fsp3) is 0.250. The lowest BCUT2D eigenvalue weighted by Crippen LogP contribution is -2.27. The van der Waals surface area contributed by atoms with Crippen LogP contribution in [0.5, 0.6) is 0 Å². The molecule has 0 aliphatic heterocycles. The molecule has 0 bridgehead atoms. The monoisotopic (exact) mass is 270 g/mol. The van der Waals surface area contributed by atoms with E-state index in [0.29, 0.717) is 11.1 Å². The smallest absolute Gasteiger partial charge is 0.249 e. The lowest BCUT2D eigenvalue weighted by Gasteiger charge is -2.31. The van der Waals surface area contributed by atoms with Crippen LogP contribution < -0.4 is 11.5 Å². The summed E-state index contributed by atoms with van der Waals surface area (Å²) in [6.45, 7) is 4.05. The minimum Gasteiger partial charge on any atom is -0.366 e. The first-order valence-corrected chi connectivity index (χ1v) is 6.42. The van der Waals surface area contributed by atoms with Crippen LogP contribution in [0.1, 0.15) is 46.5 Å². The number of carbonyl (C=O) groups is 2. The van der Waals surface area contributed by atoms with E-state index < -0.39 is 11.8 Å². The molecule has 2 amide bonds. The molecule has 0 saturated heterocycles. The molecule has 0 heterocycles. The molecule has 0 saturated carbocycles. The van der Waals surface area contributed by atoms with Gasteiger partial charge in [-0.1, -0.05) is 30.7 Å². The lowest BCUT2D eigenvalue weighted by molar-refractivity contribution is 0.0986. The van der Waals surface area contributed by atoms with Crippen LogP contribution in [0, 0.1) is 0 Å². The summed E-state index contributed by atoms with van der Waals surface area (Å²) < 4.78 is 0. The zero-order valence-electron chi connectivity index (χ0n) is 11.6. The molecule has 1 aromatic carbocycles. The molecule has 2 rings (SSSR count). The molecule has 0 spiro atoms. The summed E-state index contributed by atoms with van der Waals surface area (Å²) in [5, 5.41) is 0. The molecular weight excluding hydrogens is 252 g/mol. The maximum atomic E-state index is 11.6. The van der Waals surface area contributed by atoms with Gasteiger partial charge in [-0.25, -0.2) is 0 Å². The van der Waals surface area contributed by atoms with Crippen LogP contribution in [0.2, 0.25) is 0 Å². The molecule has 0 fully saturated rings. The molecule has 0 radical (unpaired) electrons. The first kappa shape index (κ1) is 14.1. The van der Waals surface area contributed by atoms with Gasteiger partial charge >= 0.3 is 0 Å². The van der Waals surface area contributed by atoms with Crippen molar-refractivity contribution in [2.45, 2.75) is 25.7 Å². The van der Waals surface area contributed by atoms with Crippen LogP contribution in [-0.4, -0.2) is 11.8 Å². The number of benzene rings is 1. The van der Waals surface area contributed by atoms with Gasteiger partial charge < -0.3 is 11.5 Å². The zero-order chi connectivity index (χ0) is 14.9. The van der Waals surface area contributed by atoms with E-state index in [1.165, 1.54) is 11.6 Å². The SMILES string of the molecule is CC1=CC=CC(C)(c2cc(C(N)=O)ccc2C(N)=O)C1. The van der Waals surface area contributed by atoms with Crippen molar-refractivity contribution in [3.8, 4) is 0 Å². The van der Waals surface area contributed by atoms with E-state index in [4.69, 9.17) is 11.5 Å². The molecule has 1 aromatic rings. The average Bonchev–Trinajstić information content (AvgIpc) is 2.37. The molecule has 0 aromatic heterocycles. The van der Waals surface area contributed by atoms with Gasteiger partial charge in [0.1, 0.15) is 0 Å². The van der Waals surface area contributed by atoms with Crippen LogP contribution in [-0.2, 0) is 5.41 Å². The van der Waals surface area contributed by atoms with E-state index in [1.54, 1.807) is 12.1 Å². The summed E-state index contributed by atoms with van der Waals surface area (Å²) >= 11 is 0. The molecule has 1 unspecified atom stereocenters. The van der Waals surface area contributed by atoms with E-state index in [0.717, 1.165) is 12.0 Å². The Morgan fingerprint density at radius 2 is 1.90 bits per heavy atom. The van der Waals surface area contributed by atoms with E-state index in [9.17, 15) is 9.59 Å². The third-order valence-corrected chi connectivity index (χ3v) is 3.68. The Hall–Kier alpha value is -2.36. The van der Waals surface area contributed by atoms with E-state index >= 15 is 0 Å². The van der Waals surface area contributed by atoms with Gasteiger partial charge in [-0.15, -0.1) is 0 Å². The summed E-state index contributed by atoms with van der Waals surface area (Å²) in [6, 6.07) is 4.78. The second-order valence-corrected chi connectivity index (χ2v) is 5.46. The summed E-state index contributed by atoms with van der Waals surface area (Å²) in [6.07, 6.45) is 6.78. The maximum Gasteiger partial charge on any atom is 0.249 e. The number of allylic oxidation sites excluding steroid dienone is 4. The van der Waals surface area contributed by atoms with Crippen molar-refractivity contribution < 1.29 is 9.59 Å². The topological polar surface area (TPSA) is 86.2 Å². The maximum absolute atomic E-state index is 11.6. The Bertz CT molecular complexity index is 644. The van der Waals surface area contributed by atoms with Gasteiger partial charge in [-0.05, 0) is 37.1 Å². The van der Waals surface area contributed by atoms with Crippen molar-refractivity contribution in [2.75, 3.05) is 0 Å². The third kappa shape index (κ3) is 2.50. The standard InChI is InChI=1S/C16H18N2O2/c1-10-4-3-7-16(2,9-10)13-8-11(14(17)19)5-6-12(13)15(18)20/h3-8H,9H2,1-2H3,(H2,17,19)(H2,18,20). The van der Waals surface area contributed by atoms with Crippen molar-refractivity contribution in [1.29, 1.82) is 0 Å². The Labute approximate surface area is 118 Å². The highest BCUT2D eigenvalue weighted by atomic mass is 16.1. The van der Waals surface area contributed by atoms with Crippen molar-refractivity contribution in [2.24, 2.45) is 11.5 Å². The molecule has 104 valence electrons. The lowest BCUT2D eigenvalue weighted by atomic mass is 9.72. The molecule has 1 atom stereocenters. The number of carbonyl (C=O) groups excluding carboxylic acids is 2. The predicted octanol–water partition coefficient (Wildman–Crippen LogP) is 2.05. The Balaban J connectivity index is 2.61. The Morgan fingerprint density at radius 3 is 2.45 bits per heavy atom. The van der Waals surface area contributed by atoms with Gasteiger partial charge in [0.15, 0.2) is 0 Å². The van der Waals surface area contributed by atoms with Crippen molar-refractivity contribution in [3.05, 3.63) is 58.7 Å². The van der Waals surface area contributed by atoms with Gasteiger partial charge in [0.25, 0.3) is 0 Å². The summed E-state index contributed by atoms with van der Waals surface area (Å²) in [7, 11) is 0. The normalized spacial score (nSPS) is 21.4. The third-order valence-electron chi connectivity index (χ3n) is 3.68. The van der Waals surface area contributed by atoms with E-state index in [2.05, 4.69) is 0 Å². The fourth-order valence-electron chi connectivity index (χ4n) is 2.69.